The van der Waals surface area contributed by atoms with E-state index in [1.165, 1.54) is 11.3 Å². The molecule has 1 saturated heterocycles. The van der Waals surface area contributed by atoms with Crippen molar-refractivity contribution in [1.82, 2.24) is 4.90 Å². The maximum Gasteiger partial charge on any atom is 0.263 e. The number of thiophene rings is 1. The fraction of sp³-hybridized carbons (Fsp3) is 0.280. The second-order valence-electron chi connectivity index (χ2n) is 7.70. The molecule has 2 aromatic carbocycles. The molecule has 7 nitrogen and oxygen atoms in total. The number of ether oxygens (including phenoxy) is 3. The molecule has 0 bridgehead atoms. The molecule has 0 radical (unpaired) electrons. The van der Waals surface area contributed by atoms with Gasteiger partial charge in [-0.15, -0.1) is 11.3 Å². The van der Waals surface area contributed by atoms with Gasteiger partial charge < -0.3 is 24.4 Å². The van der Waals surface area contributed by atoms with E-state index < -0.39 is 0 Å². The van der Waals surface area contributed by atoms with Crippen LogP contribution in [0, 0.1) is 5.92 Å². The molecule has 1 aliphatic rings. The highest BCUT2D eigenvalue weighted by Crippen LogP contribution is 2.35. The van der Waals surface area contributed by atoms with E-state index >= 15 is 0 Å². The van der Waals surface area contributed by atoms with Gasteiger partial charge in [-0.25, -0.2) is 0 Å². The largest absolute Gasteiger partial charge is 0.497 e. The number of nitrogens with one attached hydrogen (secondary N) is 1. The van der Waals surface area contributed by atoms with Crippen LogP contribution in [-0.4, -0.2) is 44.0 Å². The molecule has 0 saturated carbocycles. The molecule has 8 heteroatoms. The minimum atomic E-state index is -0.268. The van der Waals surface area contributed by atoms with Gasteiger partial charge in [0, 0.05) is 24.8 Å². The van der Waals surface area contributed by atoms with Crippen LogP contribution < -0.4 is 19.5 Å². The molecule has 1 fully saturated rings. The molecule has 0 spiro atoms. The van der Waals surface area contributed by atoms with Gasteiger partial charge in [0.15, 0.2) is 11.5 Å². The van der Waals surface area contributed by atoms with Crippen LogP contribution in [0.1, 0.15) is 22.5 Å². The second-order valence-corrected chi connectivity index (χ2v) is 8.65. The lowest BCUT2D eigenvalue weighted by molar-refractivity contribution is -0.121. The van der Waals surface area contributed by atoms with Crippen molar-refractivity contribution in [3.63, 3.8) is 0 Å². The highest BCUT2D eigenvalue weighted by molar-refractivity contribution is 7.12. The minimum absolute atomic E-state index is 0.0119. The maximum atomic E-state index is 13.0. The van der Waals surface area contributed by atoms with E-state index in [9.17, 15) is 9.59 Å². The van der Waals surface area contributed by atoms with Gasteiger partial charge in [-0.2, -0.15) is 0 Å². The number of amides is 2. The third-order valence-electron chi connectivity index (χ3n) is 5.53. The predicted molar refractivity (Wildman–Crippen MR) is 128 cm³/mol. The van der Waals surface area contributed by atoms with Crippen LogP contribution in [0.5, 0.6) is 23.0 Å². The molecule has 0 aliphatic carbocycles. The number of methoxy groups -OCH3 is 2. The number of hydrogen-bond donors (Lipinski definition) is 1. The SMILES string of the molecule is COc1ccc(Oc2cc(NC(=O)[C@H]3CCCN(C(=O)c4cccs4)C3)ccc2OC)cc1. The first-order valence-corrected chi connectivity index (χ1v) is 11.6. The van der Waals surface area contributed by atoms with Crippen LogP contribution in [0.15, 0.2) is 60.0 Å². The van der Waals surface area contributed by atoms with Crippen molar-refractivity contribution >= 4 is 28.8 Å². The molecule has 3 aromatic rings. The van der Waals surface area contributed by atoms with Crippen molar-refractivity contribution in [3.8, 4) is 23.0 Å². The van der Waals surface area contributed by atoms with Crippen molar-refractivity contribution in [1.29, 1.82) is 0 Å². The van der Waals surface area contributed by atoms with Crippen LogP contribution >= 0.6 is 11.3 Å². The fourth-order valence-corrected chi connectivity index (χ4v) is 4.47. The standard InChI is InChI=1S/C25H26N2O5S/c1-30-19-8-10-20(11-9-19)32-22-15-18(7-12-21(22)31-2)26-24(28)17-5-3-13-27(16-17)25(29)23-6-4-14-33-23/h4,6-12,14-15,17H,3,5,13,16H2,1-2H3,(H,26,28)/t17-/m0/s1. The number of carbonyl (C=O) groups is 2. The zero-order chi connectivity index (χ0) is 23.2. The molecule has 1 aliphatic heterocycles. The molecule has 1 aromatic heterocycles. The summed E-state index contributed by atoms with van der Waals surface area (Å²) in [5.74, 6) is 1.99. The number of piperidine rings is 1. The second kappa shape index (κ2) is 10.4. The van der Waals surface area contributed by atoms with Gasteiger partial charge in [0.1, 0.15) is 11.5 Å². The lowest BCUT2D eigenvalue weighted by Gasteiger charge is -2.31. The fourth-order valence-electron chi connectivity index (χ4n) is 3.78. The van der Waals surface area contributed by atoms with Gasteiger partial charge in [0.05, 0.1) is 25.0 Å². The normalized spacial score (nSPS) is 15.6. The summed E-state index contributed by atoms with van der Waals surface area (Å²) in [6, 6.07) is 16.1. The van der Waals surface area contributed by atoms with Gasteiger partial charge >= 0.3 is 0 Å². The molecular formula is C25H26N2O5S. The topological polar surface area (TPSA) is 77.1 Å². The van der Waals surface area contributed by atoms with Crippen molar-refractivity contribution < 1.29 is 23.8 Å². The van der Waals surface area contributed by atoms with Crippen molar-refractivity contribution in [2.45, 2.75) is 12.8 Å². The Morgan fingerprint density at radius 3 is 2.48 bits per heavy atom. The number of nitrogens with zero attached hydrogens (tertiary/aromatic N) is 1. The Labute approximate surface area is 196 Å². The van der Waals surface area contributed by atoms with E-state index in [1.54, 1.807) is 61.6 Å². The van der Waals surface area contributed by atoms with E-state index in [-0.39, 0.29) is 17.7 Å². The van der Waals surface area contributed by atoms with Gasteiger partial charge in [0.25, 0.3) is 5.91 Å². The monoisotopic (exact) mass is 466 g/mol. The molecule has 1 atom stereocenters. The van der Waals surface area contributed by atoms with E-state index in [4.69, 9.17) is 14.2 Å². The summed E-state index contributed by atoms with van der Waals surface area (Å²) in [5, 5.41) is 4.86. The van der Waals surface area contributed by atoms with E-state index in [2.05, 4.69) is 5.32 Å². The van der Waals surface area contributed by atoms with E-state index in [1.807, 2.05) is 17.5 Å². The smallest absolute Gasteiger partial charge is 0.263 e. The van der Waals surface area contributed by atoms with Gasteiger partial charge in [-0.05, 0) is 60.7 Å². The first-order valence-electron chi connectivity index (χ1n) is 10.7. The highest BCUT2D eigenvalue weighted by atomic mass is 32.1. The molecule has 2 heterocycles. The zero-order valence-electron chi connectivity index (χ0n) is 18.6. The number of anilines is 1. The average Bonchev–Trinajstić information content (AvgIpc) is 3.39. The van der Waals surface area contributed by atoms with Crippen molar-refractivity contribution in [3.05, 3.63) is 64.9 Å². The molecular weight excluding hydrogens is 440 g/mol. The number of likely N-dealkylation sites (tertiary alicyclic amines) is 1. The third-order valence-corrected chi connectivity index (χ3v) is 6.39. The average molecular weight is 467 g/mol. The number of hydrogen-bond acceptors (Lipinski definition) is 6. The molecule has 0 unspecified atom stereocenters. The molecule has 33 heavy (non-hydrogen) atoms. The molecule has 172 valence electrons. The number of benzene rings is 2. The van der Waals surface area contributed by atoms with Crippen molar-refractivity contribution in [2.75, 3.05) is 32.6 Å². The van der Waals surface area contributed by atoms with Gasteiger partial charge in [-0.1, -0.05) is 6.07 Å². The lowest BCUT2D eigenvalue weighted by atomic mass is 9.97. The predicted octanol–water partition coefficient (Wildman–Crippen LogP) is 5.05. The zero-order valence-corrected chi connectivity index (χ0v) is 19.4. The van der Waals surface area contributed by atoms with E-state index in [0.717, 1.165) is 18.6 Å². The summed E-state index contributed by atoms with van der Waals surface area (Å²) in [4.78, 5) is 28.1. The number of carbonyl (C=O) groups excluding carboxylic acids is 2. The first-order chi connectivity index (χ1) is 16.1. The summed E-state index contributed by atoms with van der Waals surface area (Å²) < 4.78 is 16.6. The number of rotatable bonds is 7. The van der Waals surface area contributed by atoms with E-state index in [0.29, 0.717) is 40.9 Å². The molecule has 2 amide bonds. The van der Waals surface area contributed by atoms with Crippen LogP contribution in [0.3, 0.4) is 0 Å². The van der Waals surface area contributed by atoms with Crippen LogP contribution in [0.4, 0.5) is 5.69 Å². The summed E-state index contributed by atoms with van der Waals surface area (Å²) in [7, 11) is 3.17. The Bertz CT molecular complexity index is 1100. The van der Waals surface area contributed by atoms with Crippen LogP contribution in [0.25, 0.3) is 0 Å². The minimum Gasteiger partial charge on any atom is -0.497 e. The summed E-state index contributed by atoms with van der Waals surface area (Å²) in [6.45, 7) is 1.08. The summed E-state index contributed by atoms with van der Waals surface area (Å²) in [5.41, 5.74) is 0.603. The summed E-state index contributed by atoms with van der Waals surface area (Å²) in [6.07, 6.45) is 1.54. The Kier molecular flexibility index (Phi) is 7.14. The molecule has 4 rings (SSSR count). The Morgan fingerprint density at radius 1 is 1.00 bits per heavy atom. The van der Waals surface area contributed by atoms with Crippen molar-refractivity contribution in [2.24, 2.45) is 5.92 Å². The van der Waals surface area contributed by atoms with Gasteiger partial charge in [-0.3, -0.25) is 9.59 Å². The van der Waals surface area contributed by atoms with Crippen LogP contribution in [-0.2, 0) is 4.79 Å². The maximum absolute atomic E-state index is 13.0. The first kappa shape index (κ1) is 22.7. The molecule has 1 N–H and O–H groups in total. The Hall–Kier alpha value is -3.52. The Morgan fingerprint density at radius 2 is 1.79 bits per heavy atom. The quantitative estimate of drug-likeness (QED) is 0.527. The van der Waals surface area contributed by atoms with Gasteiger partial charge in [0.2, 0.25) is 5.91 Å². The summed E-state index contributed by atoms with van der Waals surface area (Å²) >= 11 is 1.42. The lowest BCUT2D eigenvalue weighted by Crippen LogP contribution is -2.43. The van der Waals surface area contributed by atoms with Crippen LogP contribution in [0.2, 0.25) is 0 Å². The highest BCUT2D eigenvalue weighted by Gasteiger charge is 2.29. The third kappa shape index (κ3) is 5.46. The Balaban J connectivity index is 1.43.